The molecule has 0 aliphatic carbocycles. The molecule has 0 amide bonds. The fraction of sp³-hybridized carbons (Fsp3) is 0.263. The number of Topliss-reactive ketones (excluding diaryl/α,β-unsaturated/α-hetero) is 1. The molecule has 0 aliphatic heterocycles. The van der Waals surface area contributed by atoms with Gasteiger partial charge in [-0.3, -0.25) is 19.7 Å². The molecule has 0 saturated carbocycles. The number of sulfonamides is 1. The third-order valence-electron chi connectivity index (χ3n) is 4.15. The topological polar surface area (TPSA) is 136 Å². The summed E-state index contributed by atoms with van der Waals surface area (Å²) in [5.41, 5.74) is -0.0963. The second-order valence-electron chi connectivity index (χ2n) is 6.63. The molecule has 2 rings (SSSR count). The van der Waals surface area contributed by atoms with Crippen LogP contribution < -0.4 is 9.62 Å². The lowest BCUT2D eigenvalue weighted by molar-refractivity contribution is -0.384. The van der Waals surface area contributed by atoms with Crippen LogP contribution in [0.5, 0.6) is 0 Å². The number of ether oxygens (including phenoxy) is 1. The standard InChI is InChI=1S/C19H20FN3O7S/c1-12(19(25)13-4-6-14(20)7-5-13)30-18(24)11-21-31(28,29)15-8-9-16(22(2)3)17(10-15)23(26)27/h4-10,12,21H,11H2,1-3H3. The van der Waals surface area contributed by atoms with E-state index in [1.807, 2.05) is 4.72 Å². The van der Waals surface area contributed by atoms with Crippen LogP contribution in [-0.2, 0) is 19.6 Å². The fourth-order valence-corrected chi connectivity index (χ4v) is 3.56. The number of nitrogens with one attached hydrogen (secondary N) is 1. The van der Waals surface area contributed by atoms with Crippen LogP contribution in [0, 0.1) is 15.9 Å². The Labute approximate surface area is 177 Å². The van der Waals surface area contributed by atoms with Crippen molar-refractivity contribution >= 4 is 33.2 Å². The van der Waals surface area contributed by atoms with Crippen LogP contribution in [0.2, 0.25) is 0 Å². The molecule has 2 aromatic rings. The monoisotopic (exact) mass is 453 g/mol. The molecule has 0 heterocycles. The number of hydrogen-bond donors (Lipinski definition) is 1. The smallest absolute Gasteiger partial charge is 0.321 e. The molecule has 2 aromatic carbocycles. The van der Waals surface area contributed by atoms with E-state index < -0.39 is 55.7 Å². The Hall–Kier alpha value is -3.38. The van der Waals surface area contributed by atoms with Crippen LogP contribution >= 0.6 is 0 Å². The van der Waals surface area contributed by atoms with Gasteiger partial charge >= 0.3 is 5.97 Å². The first-order valence-corrected chi connectivity index (χ1v) is 10.4. The van der Waals surface area contributed by atoms with E-state index in [9.17, 15) is 32.5 Å². The van der Waals surface area contributed by atoms with Crippen LogP contribution in [0.3, 0.4) is 0 Å². The molecule has 1 unspecified atom stereocenters. The summed E-state index contributed by atoms with van der Waals surface area (Å²) in [5.74, 6) is -2.16. The number of esters is 1. The lowest BCUT2D eigenvalue weighted by atomic mass is 10.1. The third-order valence-corrected chi connectivity index (χ3v) is 5.55. The summed E-state index contributed by atoms with van der Waals surface area (Å²) >= 11 is 0. The Morgan fingerprint density at radius 2 is 1.81 bits per heavy atom. The summed E-state index contributed by atoms with van der Waals surface area (Å²) in [4.78, 5) is 35.7. The Kier molecular flexibility index (Phi) is 7.41. The van der Waals surface area contributed by atoms with Gasteiger partial charge in [0.1, 0.15) is 18.0 Å². The number of ketones is 1. The van der Waals surface area contributed by atoms with Crippen molar-refractivity contribution < 1.29 is 32.1 Å². The summed E-state index contributed by atoms with van der Waals surface area (Å²) < 4.78 is 44.7. The van der Waals surface area contributed by atoms with Crippen molar-refractivity contribution in [1.29, 1.82) is 0 Å². The molecule has 0 bridgehead atoms. The minimum Gasteiger partial charge on any atom is -0.453 e. The van der Waals surface area contributed by atoms with Gasteiger partial charge in [0, 0.05) is 25.7 Å². The minimum atomic E-state index is -4.27. The second kappa shape index (κ2) is 9.62. The predicted molar refractivity (Wildman–Crippen MR) is 109 cm³/mol. The van der Waals surface area contributed by atoms with Gasteiger partial charge in [-0.05, 0) is 43.3 Å². The Morgan fingerprint density at radius 1 is 1.19 bits per heavy atom. The van der Waals surface area contributed by atoms with Crippen LogP contribution in [0.4, 0.5) is 15.8 Å². The molecule has 166 valence electrons. The molecule has 12 heteroatoms. The highest BCUT2D eigenvalue weighted by atomic mass is 32.2. The zero-order valence-electron chi connectivity index (χ0n) is 16.9. The first-order chi connectivity index (χ1) is 14.4. The number of nitro groups is 1. The fourth-order valence-electron chi connectivity index (χ4n) is 2.57. The number of nitro benzene ring substituents is 1. The van der Waals surface area contributed by atoms with E-state index in [-0.39, 0.29) is 11.3 Å². The molecule has 1 atom stereocenters. The van der Waals surface area contributed by atoms with E-state index >= 15 is 0 Å². The molecule has 0 aromatic heterocycles. The van der Waals surface area contributed by atoms with Gasteiger partial charge in [-0.2, -0.15) is 4.72 Å². The quantitative estimate of drug-likeness (QED) is 0.263. The summed E-state index contributed by atoms with van der Waals surface area (Å²) in [7, 11) is -1.13. The van der Waals surface area contributed by atoms with E-state index in [1.165, 1.54) is 30.0 Å². The molecule has 0 aliphatic rings. The highest BCUT2D eigenvalue weighted by molar-refractivity contribution is 7.89. The summed E-state index contributed by atoms with van der Waals surface area (Å²) in [6.45, 7) is 0.494. The Balaban J connectivity index is 2.05. The van der Waals surface area contributed by atoms with Gasteiger partial charge in [0.2, 0.25) is 15.8 Å². The summed E-state index contributed by atoms with van der Waals surface area (Å²) in [6, 6.07) is 7.94. The largest absolute Gasteiger partial charge is 0.453 e. The van der Waals surface area contributed by atoms with Crippen LogP contribution in [-0.4, -0.2) is 51.8 Å². The molecule has 31 heavy (non-hydrogen) atoms. The second-order valence-corrected chi connectivity index (χ2v) is 8.40. The number of benzene rings is 2. The number of halogens is 1. The van der Waals surface area contributed by atoms with E-state index in [0.717, 1.165) is 24.3 Å². The average Bonchev–Trinajstić information content (AvgIpc) is 2.71. The van der Waals surface area contributed by atoms with Crippen molar-refractivity contribution in [2.45, 2.75) is 17.9 Å². The molecular formula is C19H20FN3O7S. The van der Waals surface area contributed by atoms with Gasteiger partial charge in [-0.25, -0.2) is 12.8 Å². The highest BCUT2D eigenvalue weighted by Crippen LogP contribution is 2.29. The number of anilines is 1. The summed E-state index contributed by atoms with van der Waals surface area (Å²) in [6.07, 6.45) is -1.23. The van der Waals surface area contributed by atoms with Crippen molar-refractivity contribution in [1.82, 2.24) is 4.72 Å². The van der Waals surface area contributed by atoms with Crippen molar-refractivity contribution in [3.8, 4) is 0 Å². The van der Waals surface area contributed by atoms with Gasteiger partial charge in [0.05, 0.1) is 9.82 Å². The average molecular weight is 453 g/mol. The maximum atomic E-state index is 12.9. The van der Waals surface area contributed by atoms with Crippen molar-refractivity contribution in [3.63, 3.8) is 0 Å². The minimum absolute atomic E-state index is 0.121. The molecule has 1 N–H and O–H groups in total. The first kappa shape index (κ1) is 23.9. The number of carbonyl (C=O) groups is 2. The Morgan fingerprint density at radius 3 is 2.35 bits per heavy atom. The van der Waals surface area contributed by atoms with Gasteiger partial charge in [-0.15, -0.1) is 0 Å². The van der Waals surface area contributed by atoms with Gasteiger partial charge in [0.25, 0.3) is 5.69 Å². The highest BCUT2D eigenvalue weighted by Gasteiger charge is 2.24. The van der Waals surface area contributed by atoms with Crippen LogP contribution in [0.25, 0.3) is 0 Å². The van der Waals surface area contributed by atoms with Crippen molar-refractivity contribution in [2.75, 3.05) is 25.5 Å². The van der Waals surface area contributed by atoms with Crippen LogP contribution in [0.1, 0.15) is 17.3 Å². The first-order valence-electron chi connectivity index (χ1n) is 8.87. The van der Waals surface area contributed by atoms with Crippen molar-refractivity contribution in [2.24, 2.45) is 0 Å². The van der Waals surface area contributed by atoms with Gasteiger partial charge in [0.15, 0.2) is 6.10 Å². The lowest BCUT2D eigenvalue weighted by Gasteiger charge is -2.14. The zero-order chi connectivity index (χ0) is 23.3. The number of nitrogens with zero attached hydrogens (tertiary/aromatic N) is 2. The lowest BCUT2D eigenvalue weighted by Crippen LogP contribution is -2.34. The number of hydrogen-bond acceptors (Lipinski definition) is 8. The van der Waals surface area contributed by atoms with E-state index in [0.29, 0.717) is 0 Å². The Bertz CT molecular complexity index is 1100. The number of rotatable bonds is 9. The van der Waals surface area contributed by atoms with E-state index in [4.69, 9.17) is 4.74 Å². The zero-order valence-corrected chi connectivity index (χ0v) is 17.7. The van der Waals surface area contributed by atoms with Gasteiger partial charge < -0.3 is 9.64 Å². The van der Waals surface area contributed by atoms with Crippen molar-refractivity contribution in [3.05, 3.63) is 64.0 Å². The number of carbonyl (C=O) groups excluding carboxylic acids is 2. The molecule has 0 spiro atoms. The van der Waals surface area contributed by atoms with Gasteiger partial charge in [-0.1, -0.05) is 0 Å². The molecule has 10 nitrogen and oxygen atoms in total. The third kappa shape index (κ3) is 6.06. The predicted octanol–water partition coefficient (Wildman–Crippen LogP) is 1.89. The SMILES string of the molecule is CC(OC(=O)CNS(=O)(=O)c1ccc(N(C)C)c([N+](=O)[O-])c1)C(=O)c1ccc(F)cc1. The van der Waals surface area contributed by atoms with E-state index in [2.05, 4.69) is 0 Å². The molecular weight excluding hydrogens is 433 g/mol. The van der Waals surface area contributed by atoms with E-state index in [1.54, 1.807) is 14.1 Å². The maximum Gasteiger partial charge on any atom is 0.321 e. The molecule has 0 fully saturated rings. The summed E-state index contributed by atoms with van der Waals surface area (Å²) in [5, 5.41) is 11.2. The molecule has 0 saturated heterocycles. The maximum absolute atomic E-state index is 12.9. The van der Waals surface area contributed by atoms with Crippen LogP contribution in [0.15, 0.2) is 47.4 Å². The molecule has 0 radical (unpaired) electrons. The normalized spacial score (nSPS) is 12.1.